The number of hydrogen-bond donors (Lipinski definition) is 2. The average molecular weight is 615 g/mol. The van der Waals surface area contributed by atoms with Crippen molar-refractivity contribution >= 4 is 34.8 Å². The van der Waals surface area contributed by atoms with Gasteiger partial charge in [0.1, 0.15) is 23.1 Å². The summed E-state index contributed by atoms with van der Waals surface area (Å²) in [4.78, 5) is 15.7. The molecule has 3 aromatic carbocycles. The molecule has 1 saturated carbocycles. The van der Waals surface area contributed by atoms with Crippen molar-refractivity contribution in [1.82, 2.24) is 10.2 Å². The van der Waals surface area contributed by atoms with Gasteiger partial charge in [-0.3, -0.25) is 4.79 Å². The molecule has 9 heteroatoms. The molecule has 2 aliphatic rings. The van der Waals surface area contributed by atoms with Crippen molar-refractivity contribution in [3.63, 3.8) is 0 Å². The van der Waals surface area contributed by atoms with E-state index in [2.05, 4.69) is 21.6 Å². The normalized spacial score (nSPS) is 16.6. The molecule has 224 valence electrons. The van der Waals surface area contributed by atoms with Crippen LogP contribution in [0.1, 0.15) is 44.6 Å². The first-order valence-electron chi connectivity index (χ1n) is 14.8. The molecule has 2 atom stereocenters. The van der Waals surface area contributed by atoms with E-state index in [1.807, 2.05) is 25.1 Å². The Hall–Kier alpha value is -3.00. The summed E-state index contributed by atoms with van der Waals surface area (Å²) in [6.07, 6.45) is 6.22. The molecule has 1 unspecified atom stereocenters. The highest BCUT2D eigenvalue weighted by Gasteiger charge is 2.25. The van der Waals surface area contributed by atoms with Gasteiger partial charge in [0.2, 0.25) is 5.91 Å². The molecular formula is C33H38Cl2FN3O3. The summed E-state index contributed by atoms with van der Waals surface area (Å²) < 4.78 is 24.9. The van der Waals surface area contributed by atoms with Crippen LogP contribution in [-0.4, -0.2) is 49.1 Å². The van der Waals surface area contributed by atoms with Crippen LogP contribution in [0.3, 0.4) is 0 Å². The quantitative estimate of drug-likeness (QED) is 0.195. The second-order valence-electron chi connectivity index (χ2n) is 11.3. The molecular weight excluding hydrogens is 576 g/mol. The third kappa shape index (κ3) is 9.00. The number of nitrogens with one attached hydrogen (secondary N) is 2. The zero-order valence-corrected chi connectivity index (χ0v) is 25.4. The van der Waals surface area contributed by atoms with Crippen molar-refractivity contribution in [3.8, 4) is 17.2 Å². The molecule has 5 rings (SSSR count). The van der Waals surface area contributed by atoms with Crippen molar-refractivity contribution in [1.29, 1.82) is 0 Å². The monoisotopic (exact) mass is 613 g/mol. The first kappa shape index (κ1) is 30.5. The number of benzene rings is 3. The first-order chi connectivity index (χ1) is 20.3. The summed E-state index contributed by atoms with van der Waals surface area (Å²) in [6, 6.07) is 17.1. The number of anilines is 1. The fraction of sp³-hybridized carbons (Fsp3) is 0.424. The fourth-order valence-corrected chi connectivity index (χ4v) is 5.49. The average Bonchev–Trinajstić information content (AvgIpc) is 3.64. The smallest absolute Gasteiger partial charge is 0.223 e. The van der Waals surface area contributed by atoms with Gasteiger partial charge in [-0.2, -0.15) is 0 Å². The van der Waals surface area contributed by atoms with Crippen LogP contribution in [0, 0.1) is 11.7 Å². The molecule has 42 heavy (non-hydrogen) atoms. The van der Waals surface area contributed by atoms with E-state index >= 15 is 0 Å². The van der Waals surface area contributed by atoms with Gasteiger partial charge in [-0.15, -0.1) is 0 Å². The number of ether oxygens (including phenoxy) is 2. The number of amides is 1. The maximum absolute atomic E-state index is 13.3. The van der Waals surface area contributed by atoms with Gasteiger partial charge in [-0.05, 0) is 106 Å². The molecule has 1 saturated heterocycles. The van der Waals surface area contributed by atoms with Crippen LogP contribution in [0.25, 0.3) is 0 Å². The molecule has 1 aliphatic heterocycles. The van der Waals surface area contributed by atoms with Crippen molar-refractivity contribution in [2.45, 2.75) is 57.6 Å². The van der Waals surface area contributed by atoms with Crippen LogP contribution in [0.15, 0.2) is 60.7 Å². The second kappa shape index (κ2) is 14.5. The third-order valence-electron chi connectivity index (χ3n) is 7.65. The summed E-state index contributed by atoms with van der Waals surface area (Å²) in [5.74, 6) is 1.22. The zero-order valence-electron chi connectivity index (χ0n) is 23.9. The van der Waals surface area contributed by atoms with Crippen molar-refractivity contribution < 1.29 is 18.7 Å². The van der Waals surface area contributed by atoms with E-state index in [4.69, 9.17) is 32.7 Å². The van der Waals surface area contributed by atoms with Crippen molar-refractivity contribution in [2.75, 3.05) is 31.5 Å². The summed E-state index contributed by atoms with van der Waals surface area (Å²) in [5, 5.41) is 7.75. The summed E-state index contributed by atoms with van der Waals surface area (Å²) >= 11 is 12.8. The van der Waals surface area contributed by atoms with E-state index < -0.39 is 0 Å². The molecule has 0 bridgehead atoms. The summed E-state index contributed by atoms with van der Waals surface area (Å²) in [7, 11) is 0. The number of nitrogens with zero attached hydrogens (tertiary/aromatic N) is 1. The second-order valence-corrected chi connectivity index (χ2v) is 12.1. The van der Waals surface area contributed by atoms with E-state index in [9.17, 15) is 9.18 Å². The van der Waals surface area contributed by atoms with E-state index in [0.717, 1.165) is 49.5 Å². The van der Waals surface area contributed by atoms with E-state index in [1.165, 1.54) is 25.0 Å². The van der Waals surface area contributed by atoms with Gasteiger partial charge in [-0.25, -0.2) is 4.39 Å². The van der Waals surface area contributed by atoms with Gasteiger partial charge in [0.05, 0.1) is 16.1 Å². The van der Waals surface area contributed by atoms with Crippen LogP contribution >= 0.6 is 23.2 Å². The number of rotatable bonds is 14. The number of carbonyl (C=O) groups is 1. The minimum absolute atomic E-state index is 0.0142. The van der Waals surface area contributed by atoms with Crippen LogP contribution in [0.2, 0.25) is 10.0 Å². The van der Waals surface area contributed by atoms with E-state index in [1.54, 1.807) is 24.3 Å². The van der Waals surface area contributed by atoms with Gasteiger partial charge in [0.15, 0.2) is 0 Å². The number of hydrogen-bond acceptors (Lipinski definition) is 5. The topological polar surface area (TPSA) is 62.8 Å². The molecule has 2 N–H and O–H groups in total. The Morgan fingerprint density at radius 1 is 1.00 bits per heavy atom. The molecule has 6 nitrogen and oxygen atoms in total. The van der Waals surface area contributed by atoms with Gasteiger partial charge in [0.25, 0.3) is 0 Å². The fourth-order valence-electron chi connectivity index (χ4n) is 5.08. The van der Waals surface area contributed by atoms with Crippen LogP contribution < -0.4 is 20.1 Å². The molecule has 0 radical (unpaired) electrons. The molecule has 3 aromatic rings. The lowest BCUT2D eigenvalue weighted by atomic mass is 10.0. The van der Waals surface area contributed by atoms with Gasteiger partial charge in [0, 0.05) is 36.8 Å². The third-order valence-corrected chi connectivity index (χ3v) is 8.25. The Labute approximate surface area is 257 Å². The predicted molar refractivity (Wildman–Crippen MR) is 167 cm³/mol. The molecule has 2 fully saturated rings. The molecule has 0 aromatic heterocycles. The zero-order chi connectivity index (χ0) is 29.5. The molecule has 1 heterocycles. The lowest BCUT2D eigenvalue weighted by Crippen LogP contribution is -2.46. The molecule has 1 amide bonds. The van der Waals surface area contributed by atoms with E-state index in [0.29, 0.717) is 47.0 Å². The highest BCUT2D eigenvalue weighted by Crippen LogP contribution is 2.33. The summed E-state index contributed by atoms with van der Waals surface area (Å²) in [5.41, 5.74) is 1.91. The number of halogens is 3. The molecule has 0 spiro atoms. The number of carbonyl (C=O) groups excluding carboxylic acids is 1. The SMILES string of the molecule is C[C@@H](CCNc1ccc(Cl)c(Oc2ccc(F)cc2)c1)C(=O)NC(Cc1ccc(OC2CC2)c(Cl)c1)CN1CCCC1. The minimum Gasteiger partial charge on any atom is -0.489 e. The molecule has 1 aliphatic carbocycles. The standard InChI is InChI=1S/C33H38Cl2FN3O3/c1-22(14-15-37-25-7-12-29(34)32(20-25)42-27-8-5-24(36)6-9-27)33(40)38-26(21-39-16-2-3-17-39)18-23-4-13-31(30(35)19-23)41-28-10-11-28/h4-9,12-13,19-20,22,26,28,37H,2-3,10-11,14-18,21H2,1H3,(H,38,40)/t22-,26?/m0/s1. The van der Waals surface area contributed by atoms with Gasteiger partial charge < -0.3 is 25.0 Å². The Balaban J connectivity index is 1.14. The maximum Gasteiger partial charge on any atom is 0.223 e. The first-order valence-corrected chi connectivity index (χ1v) is 15.5. The number of likely N-dealkylation sites (tertiary alicyclic amines) is 1. The highest BCUT2D eigenvalue weighted by molar-refractivity contribution is 6.32. The van der Waals surface area contributed by atoms with Crippen LogP contribution in [0.5, 0.6) is 17.2 Å². The lowest BCUT2D eigenvalue weighted by molar-refractivity contribution is -0.125. The van der Waals surface area contributed by atoms with Crippen LogP contribution in [0.4, 0.5) is 10.1 Å². The Bertz CT molecular complexity index is 1350. The Morgan fingerprint density at radius 2 is 1.76 bits per heavy atom. The maximum atomic E-state index is 13.3. The highest BCUT2D eigenvalue weighted by atomic mass is 35.5. The van der Waals surface area contributed by atoms with E-state index in [-0.39, 0.29) is 23.7 Å². The van der Waals surface area contributed by atoms with Crippen molar-refractivity contribution in [2.24, 2.45) is 5.92 Å². The minimum atomic E-state index is -0.332. The lowest BCUT2D eigenvalue weighted by Gasteiger charge is -2.26. The summed E-state index contributed by atoms with van der Waals surface area (Å²) in [6.45, 7) is 5.50. The van der Waals surface area contributed by atoms with Gasteiger partial charge >= 0.3 is 0 Å². The largest absolute Gasteiger partial charge is 0.489 e. The Morgan fingerprint density at radius 3 is 2.48 bits per heavy atom. The predicted octanol–water partition coefficient (Wildman–Crippen LogP) is 7.73. The van der Waals surface area contributed by atoms with Gasteiger partial charge in [-0.1, -0.05) is 36.2 Å². The van der Waals surface area contributed by atoms with Crippen LogP contribution in [-0.2, 0) is 11.2 Å². The van der Waals surface area contributed by atoms with Crippen molar-refractivity contribution in [3.05, 3.63) is 82.1 Å². The Kier molecular flexibility index (Phi) is 10.5.